The molecule has 1 spiro atoms. The molecule has 3 atom stereocenters. The Morgan fingerprint density at radius 1 is 1.00 bits per heavy atom. The Labute approximate surface area is 110 Å². The largest absolute Gasteiger partial charge is 0.391 e. The molecule has 3 rings (SSSR count). The van der Waals surface area contributed by atoms with Crippen LogP contribution in [0.4, 0.5) is 0 Å². The first kappa shape index (κ1) is 12.9. The van der Waals surface area contributed by atoms with E-state index in [1.807, 2.05) is 0 Å². The third kappa shape index (κ3) is 2.33. The maximum Gasteiger partial charge on any atom is 0.0773 e. The molecular formula is C15H27NO2. The third-order valence-corrected chi connectivity index (χ3v) is 5.38. The van der Waals surface area contributed by atoms with Gasteiger partial charge in [-0.1, -0.05) is 12.8 Å². The molecule has 0 aromatic heterocycles. The number of ether oxygens (including phenoxy) is 1. The monoisotopic (exact) mass is 253 g/mol. The lowest BCUT2D eigenvalue weighted by Crippen LogP contribution is -2.55. The second-order valence-electron chi connectivity index (χ2n) is 6.52. The molecule has 2 saturated heterocycles. The number of hydrogen-bond donors (Lipinski definition) is 1. The van der Waals surface area contributed by atoms with Crippen molar-refractivity contribution in [1.29, 1.82) is 0 Å². The average Bonchev–Trinajstić information content (AvgIpc) is 2.81. The van der Waals surface area contributed by atoms with Crippen LogP contribution >= 0.6 is 0 Å². The van der Waals surface area contributed by atoms with E-state index in [2.05, 4.69) is 4.90 Å². The second-order valence-corrected chi connectivity index (χ2v) is 6.52. The predicted octanol–water partition coefficient (Wildman–Crippen LogP) is 2.18. The Kier molecular flexibility index (Phi) is 3.92. The van der Waals surface area contributed by atoms with E-state index >= 15 is 0 Å². The Hall–Kier alpha value is -0.120. The lowest BCUT2D eigenvalue weighted by atomic mass is 9.67. The molecular weight excluding hydrogens is 226 g/mol. The Balaban J connectivity index is 1.73. The van der Waals surface area contributed by atoms with Crippen molar-refractivity contribution in [3.63, 3.8) is 0 Å². The van der Waals surface area contributed by atoms with Crippen molar-refractivity contribution >= 4 is 0 Å². The molecule has 3 fully saturated rings. The summed E-state index contributed by atoms with van der Waals surface area (Å²) in [6.45, 7) is 4.07. The minimum atomic E-state index is -0.164. The molecule has 2 heterocycles. The SMILES string of the molecule is O[C@H]1[C@H](N2CCCC2)CCC[C@]12CCCCOC2. The topological polar surface area (TPSA) is 32.7 Å². The standard InChI is InChI=1S/C15H27NO2/c17-14-13(16-9-2-3-10-16)6-5-8-15(14)7-1-4-11-18-12-15/h13-14,17H,1-12H2/t13-,14+,15+/m1/s1. The summed E-state index contributed by atoms with van der Waals surface area (Å²) in [4.78, 5) is 2.54. The van der Waals surface area contributed by atoms with Crippen LogP contribution in [-0.4, -0.2) is 48.5 Å². The van der Waals surface area contributed by atoms with E-state index in [1.165, 1.54) is 64.5 Å². The van der Waals surface area contributed by atoms with Gasteiger partial charge in [0.2, 0.25) is 0 Å². The zero-order chi connectivity index (χ0) is 12.4. The van der Waals surface area contributed by atoms with E-state index in [9.17, 15) is 5.11 Å². The summed E-state index contributed by atoms with van der Waals surface area (Å²) in [5.41, 5.74) is 0.0714. The molecule has 2 aliphatic heterocycles. The van der Waals surface area contributed by atoms with Crippen LogP contribution in [0.15, 0.2) is 0 Å². The van der Waals surface area contributed by atoms with Crippen molar-refractivity contribution < 1.29 is 9.84 Å². The molecule has 18 heavy (non-hydrogen) atoms. The van der Waals surface area contributed by atoms with Gasteiger partial charge in [0, 0.05) is 18.1 Å². The van der Waals surface area contributed by atoms with Gasteiger partial charge >= 0.3 is 0 Å². The van der Waals surface area contributed by atoms with Gasteiger partial charge in [0.25, 0.3) is 0 Å². The highest BCUT2D eigenvalue weighted by atomic mass is 16.5. The smallest absolute Gasteiger partial charge is 0.0773 e. The summed E-state index contributed by atoms with van der Waals surface area (Å²) in [6, 6.07) is 0.406. The van der Waals surface area contributed by atoms with Crippen LogP contribution in [0.2, 0.25) is 0 Å². The molecule has 3 aliphatic rings. The van der Waals surface area contributed by atoms with Crippen molar-refractivity contribution in [1.82, 2.24) is 4.90 Å². The summed E-state index contributed by atoms with van der Waals surface area (Å²) in [5.74, 6) is 0. The molecule has 0 unspecified atom stereocenters. The van der Waals surface area contributed by atoms with Gasteiger partial charge in [-0.3, -0.25) is 4.90 Å². The molecule has 0 bridgehead atoms. The summed E-state index contributed by atoms with van der Waals surface area (Å²) >= 11 is 0. The fourth-order valence-electron chi connectivity index (χ4n) is 4.29. The lowest BCUT2D eigenvalue weighted by Gasteiger charge is -2.47. The van der Waals surface area contributed by atoms with Crippen LogP contribution in [0.3, 0.4) is 0 Å². The van der Waals surface area contributed by atoms with Crippen LogP contribution in [0.25, 0.3) is 0 Å². The van der Waals surface area contributed by atoms with E-state index in [4.69, 9.17) is 4.74 Å². The summed E-state index contributed by atoms with van der Waals surface area (Å²) in [7, 11) is 0. The lowest BCUT2D eigenvalue weighted by molar-refractivity contribution is -0.102. The number of hydrogen-bond acceptors (Lipinski definition) is 3. The normalized spacial score (nSPS) is 43.2. The number of aliphatic hydroxyl groups excluding tert-OH is 1. The second kappa shape index (κ2) is 5.48. The zero-order valence-electron chi connectivity index (χ0n) is 11.4. The highest BCUT2D eigenvalue weighted by Gasteiger charge is 2.47. The maximum absolute atomic E-state index is 10.9. The minimum absolute atomic E-state index is 0.0714. The van der Waals surface area contributed by atoms with Crippen LogP contribution in [0, 0.1) is 5.41 Å². The van der Waals surface area contributed by atoms with Crippen molar-refractivity contribution in [3.05, 3.63) is 0 Å². The fraction of sp³-hybridized carbons (Fsp3) is 1.00. The molecule has 3 nitrogen and oxygen atoms in total. The highest BCUT2D eigenvalue weighted by Crippen LogP contribution is 2.44. The first-order valence-electron chi connectivity index (χ1n) is 7.82. The van der Waals surface area contributed by atoms with Gasteiger partial charge in [-0.2, -0.15) is 0 Å². The van der Waals surface area contributed by atoms with Gasteiger partial charge in [-0.25, -0.2) is 0 Å². The van der Waals surface area contributed by atoms with Gasteiger partial charge in [0.15, 0.2) is 0 Å². The summed E-state index contributed by atoms with van der Waals surface area (Å²) in [5, 5.41) is 10.9. The highest BCUT2D eigenvalue weighted by molar-refractivity contribution is 4.99. The number of likely N-dealkylation sites (tertiary alicyclic amines) is 1. The molecule has 1 saturated carbocycles. The third-order valence-electron chi connectivity index (χ3n) is 5.38. The number of aliphatic hydroxyl groups is 1. The van der Waals surface area contributed by atoms with Crippen molar-refractivity contribution in [2.75, 3.05) is 26.3 Å². The maximum atomic E-state index is 10.9. The molecule has 1 aliphatic carbocycles. The minimum Gasteiger partial charge on any atom is -0.391 e. The molecule has 0 amide bonds. The van der Waals surface area contributed by atoms with Crippen molar-refractivity contribution in [2.24, 2.45) is 5.41 Å². The predicted molar refractivity (Wildman–Crippen MR) is 71.6 cm³/mol. The molecule has 0 aromatic rings. The fourth-order valence-corrected chi connectivity index (χ4v) is 4.29. The first-order valence-corrected chi connectivity index (χ1v) is 7.82. The van der Waals surface area contributed by atoms with Crippen LogP contribution < -0.4 is 0 Å². The van der Waals surface area contributed by atoms with E-state index in [-0.39, 0.29) is 11.5 Å². The van der Waals surface area contributed by atoms with Gasteiger partial charge < -0.3 is 9.84 Å². The van der Waals surface area contributed by atoms with Crippen molar-refractivity contribution in [3.8, 4) is 0 Å². The number of rotatable bonds is 1. The van der Waals surface area contributed by atoms with E-state index in [0.29, 0.717) is 6.04 Å². The molecule has 0 aromatic carbocycles. The first-order chi connectivity index (χ1) is 8.82. The summed E-state index contributed by atoms with van der Waals surface area (Å²) < 4.78 is 5.79. The summed E-state index contributed by atoms with van der Waals surface area (Å²) in [6.07, 6.45) is 9.63. The van der Waals surface area contributed by atoms with Gasteiger partial charge in [-0.05, 0) is 51.6 Å². The van der Waals surface area contributed by atoms with E-state index < -0.39 is 0 Å². The molecule has 1 N–H and O–H groups in total. The average molecular weight is 253 g/mol. The van der Waals surface area contributed by atoms with Gasteiger partial charge in [-0.15, -0.1) is 0 Å². The van der Waals surface area contributed by atoms with Crippen LogP contribution in [0.1, 0.15) is 51.4 Å². The van der Waals surface area contributed by atoms with E-state index in [1.54, 1.807) is 0 Å². The van der Waals surface area contributed by atoms with E-state index in [0.717, 1.165) is 13.2 Å². The molecule has 104 valence electrons. The molecule has 0 radical (unpaired) electrons. The van der Waals surface area contributed by atoms with Gasteiger partial charge in [0.1, 0.15) is 0 Å². The Morgan fingerprint density at radius 2 is 1.78 bits per heavy atom. The Bertz CT molecular complexity index is 268. The zero-order valence-corrected chi connectivity index (χ0v) is 11.4. The van der Waals surface area contributed by atoms with Crippen LogP contribution in [-0.2, 0) is 4.74 Å². The Morgan fingerprint density at radius 3 is 2.61 bits per heavy atom. The van der Waals surface area contributed by atoms with Crippen molar-refractivity contribution in [2.45, 2.75) is 63.5 Å². The quantitative estimate of drug-likeness (QED) is 0.777. The van der Waals surface area contributed by atoms with Crippen LogP contribution in [0.5, 0.6) is 0 Å². The molecule has 3 heteroatoms. The number of nitrogens with zero attached hydrogens (tertiary/aromatic N) is 1. The van der Waals surface area contributed by atoms with Gasteiger partial charge in [0.05, 0.1) is 12.7 Å².